The van der Waals surface area contributed by atoms with E-state index in [1.165, 1.54) is 17.7 Å². The van der Waals surface area contributed by atoms with E-state index in [0.29, 0.717) is 4.47 Å². The lowest BCUT2D eigenvalue weighted by atomic mass is 10.0. The molecule has 0 bridgehead atoms. The number of hydrogen-bond acceptors (Lipinski definition) is 1. The number of rotatable bonds is 4. The molecule has 0 saturated carbocycles. The number of carbonyl (C=O) groups is 1. The fourth-order valence-corrected chi connectivity index (χ4v) is 2.41. The summed E-state index contributed by atoms with van der Waals surface area (Å²) in [5, 5.41) is 2.82. The minimum atomic E-state index is -0.532. The Balaban J connectivity index is 2.10. The maximum atomic E-state index is 13.8. The summed E-state index contributed by atoms with van der Waals surface area (Å²) in [6.07, 6.45) is 0.977. The van der Waals surface area contributed by atoms with Crippen molar-refractivity contribution in [3.63, 3.8) is 0 Å². The fraction of sp³-hybridized carbons (Fsp3) is 0.235. The van der Waals surface area contributed by atoms with Crippen LogP contribution in [0.25, 0.3) is 0 Å². The Labute approximate surface area is 132 Å². The maximum Gasteiger partial charge on any atom is 0.254 e. The predicted octanol–water partition coefficient (Wildman–Crippen LogP) is 4.64. The number of aryl methyl sites for hydroxylation is 1. The molecule has 0 aliphatic carbocycles. The van der Waals surface area contributed by atoms with E-state index >= 15 is 0 Å². The second-order valence-corrected chi connectivity index (χ2v) is 5.83. The zero-order chi connectivity index (χ0) is 15.4. The molecule has 1 atom stereocenters. The standard InChI is InChI=1S/C17H17BrFNO/c1-3-12-4-6-13(7-5-12)11(2)20-17(21)15-9-8-14(18)10-16(15)19/h4-11H,3H2,1-2H3,(H,20,21). The van der Waals surface area contributed by atoms with Gasteiger partial charge >= 0.3 is 0 Å². The first-order chi connectivity index (χ1) is 10.0. The first kappa shape index (κ1) is 15.7. The molecular weight excluding hydrogens is 333 g/mol. The molecule has 0 fully saturated rings. The lowest BCUT2D eigenvalue weighted by Gasteiger charge is -2.15. The Bertz CT molecular complexity index is 640. The van der Waals surface area contributed by atoms with Crippen LogP contribution in [0.1, 0.15) is 41.4 Å². The Morgan fingerprint density at radius 3 is 2.48 bits per heavy atom. The summed E-state index contributed by atoms with van der Waals surface area (Å²) in [6.45, 7) is 3.98. The van der Waals surface area contributed by atoms with Crippen LogP contribution in [0.15, 0.2) is 46.9 Å². The van der Waals surface area contributed by atoms with E-state index in [1.54, 1.807) is 6.07 Å². The molecule has 0 aromatic heterocycles. The van der Waals surface area contributed by atoms with Crippen molar-refractivity contribution in [3.05, 3.63) is 69.4 Å². The van der Waals surface area contributed by atoms with Crippen LogP contribution in [0.3, 0.4) is 0 Å². The van der Waals surface area contributed by atoms with Crippen LogP contribution in [-0.2, 0) is 6.42 Å². The predicted molar refractivity (Wildman–Crippen MR) is 85.8 cm³/mol. The van der Waals surface area contributed by atoms with Gasteiger partial charge in [0, 0.05) is 4.47 Å². The van der Waals surface area contributed by atoms with Gasteiger partial charge in [0.25, 0.3) is 5.91 Å². The highest BCUT2D eigenvalue weighted by molar-refractivity contribution is 9.10. The van der Waals surface area contributed by atoms with E-state index in [2.05, 4.69) is 28.2 Å². The van der Waals surface area contributed by atoms with Gasteiger partial charge in [-0.3, -0.25) is 4.79 Å². The average Bonchev–Trinajstić information content (AvgIpc) is 2.47. The molecule has 110 valence electrons. The van der Waals surface area contributed by atoms with Gasteiger partial charge in [-0.25, -0.2) is 4.39 Å². The van der Waals surface area contributed by atoms with Crippen molar-refractivity contribution in [1.29, 1.82) is 0 Å². The highest BCUT2D eigenvalue weighted by Crippen LogP contribution is 2.18. The number of carbonyl (C=O) groups excluding carboxylic acids is 1. The van der Waals surface area contributed by atoms with Crippen molar-refractivity contribution in [2.45, 2.75) is 26.3 Å². The molecule has 0 heterocycles. The van der Waals surface area contributed by atoms with Crippen molar-refractivity contribution in [2.75, 3.05) is 0 Å². The third-order valence-electron chi connectivity index (χ3n) is 3.41. The Morgan fingerprint density at radius 2 is 1.90 bits per heavy atom. The largest absolute Gasteiger partial charge is 0.345 e. The number of benzene rings is 2. The molecule has 1 unspecified atom stereocenters. The van der Waals surface area contributed by atoms with Crippen LogP contribution in [0.5, 0.6) is 0 Å². The quantitative estimate of drug-likeness (QED) is 0.855. The van der Waals surface area contributed by atoms with Gasteiger partial charge in [0.15, 0.2) is 0 Å². The number of halogens is 2. The summed E-state index contributed by atoms with van der Waals surface area (Å²) in [7, 11) is 0. The molecule has 0 aliphatic heterocycles. The summed E-state index contributed by atoms with van der Waals surface area (Å²) >= 11 is 3.17. The van der Waals surface area contributed by atoms with Crippen molar-refractivity contribution < 1.29 is 9.18 Å². The molecular formula is C17H17BrFNO. The van der Waals surface area contributed by atoms with Gasteiger partial charge in [-0.05, 0) is 42.7 Å². The molecule has 0 saturated heterocycles. The van der Waals surface area contributed by atoms with Crippen LogP contribution >= 0.6 is 15.9 Å². The second-order valence-electron chi connectivity index (χ2n) is 4.91. The summed E-state index contributed by atoms with van der Waals surface area (Å²) in [5.74, 6) is -0.942. The van der Waals surface area contributed by atoms with Crippen LogP contribution in [-0.4, -0.2) is 5.91 Å². The first-order valence-corrected chi connectivity index (χ1v) is 7.65. The lowest BCUT2D eigenvalue weighted by Crippen LogP contribution is -2.27. The van der Waals surface area contributed by atoms with Crippen LogP contribution in [0.2, 0.25) is 0 Å². The topological polar surface area (TPSA) is 29.1 Å². The molecule has 0 spiro atoms. The van der Waals surface area contributed by atoms with Gasteiger partial charge in [0.2, 0.25) is 0 Å². The molecule has 0 radical (unpaired) electrons. The number of nitrogens with one attached hydrogen (secondary N) is 1. The highest BCUT2D eigenvalue weighted by Gasteiger charge is 2.15. The van der Waals surface area contributed by atoms with Gasteiger partial charge < -0.3 is 5.32 Å². The zero-order valence-electron chi connectivity index (χ0n) is 12.0. The first-order valence-electron chi connectivity index (χ1n) is 6.86. The van der Waals surface area contributed by atoms with E-state index < -0.39 is 11.7 Å². The van der Waals surface area contributed by atoms with E-state index in [-0.39, 0.29) is 11.6 Å². The Morgan fingerprint density at radius 1 is 1.24 bits per heavy atom. The third kappa shape index (κ3) is 3.91. The van der Waals surface area contributed by atoms with Crippen molar-refractivity contribution >= 4 is 21.8 Å². The summed E-state index contributed by atoms with van der Waals surface area (Å²) in [6, 6.07) is 12.3. The second kappa shape index (κ2) is 6.85. The SMILES string of the molecule is CCc1ccc(C(C)NC(=O)c2ccc(Br)cc2F)cc1. The molecule has 2 aromatic rings. The molecule has 0 aliphatic rings. The Hall–Kier alpha value is -1.68. The van der Waals surface area contributed by atoms with E-state index in [9.17, 15) is 9.18 Å². The van der Waals surface area contributed by atoms with Gasteiger partial charge in [0.1, 0.15) is 5.82 Å². The molecule has 2 aromatic carbocycles. The summed E-state index contributed by atoms with van der Waals surface area (Å²) in [5.41, 5.74) is 2.30. The number of hydrogen-bond donors (Lipinski definition) is 1. The van der Waals surface area contributed by atoms with Gasteiger partial charge in [-0.15, -0.1) is 0 Å². The minimum absolute atomic E-state index is 0.0511. The highest BCUT2D eigenvalue weighted by atomic mass is 79.9. The molecule has 4 heteroatoms. The zero-order valence-corrected chi connectivity index (χ0v) is 13.6. The van der Waals surface area contributed by atoms with E-state index in [4.69, 9.17) is 0 Å². The van der Waals surface area contributed by atoms with Crippen molar-refractivity contribution in [2.24, 2.45) is 0 Å². The monoisotopic (exact) mass is 349 g/mol. The maximum absolute atomic E-state index is 13.8. The molecule has 2 rings (SSSR count). The minimum Gasteiger partial charge on any atom is -0.345 e. The van der Waals surface area contributed by atoms with Crippen LogP contribution in [0, 0.1) is 5.82 Å². The Kier molecular flexibility index (Phi) is 5.12. The summed E-state index contributed by atoms with van der Waals surface area (Å²) in [4.78, 5) is 12.1. The van der Waals surface area contributed by atoms with Gasteiger partial charge in [0.05, 0.1) is 11.6 Å². The van der Waals surface area contributed by atoms with Gasteiger partial charge in [-0.1, -0.05) is 47.1 Å². The summed E-state index contributed by atoms with van der Waals surface area (Å²) < 4.78 is 14.4. The molecule has 1 amide bonds. The lowest BCUT2D eigenvalue weighted by molar-refractivity contribution is 0.0936. The van der Waals surface area contributed by atoms with E-state index in [1.807, 2.05) is 31.2 Å². The van der Waals surface area contributed by atoms with Gasteiger partial charge in [-0.2, -0.15) is 0 Å². The molecule has 21 heavy (non-hydrogen) atoms. The van der Waals surface area contributed by atoms with E-state index in [0.717, 1.165) is 12.0 Å². The van der Waals surface area contributed by atoms with Crippen LogP contribution in [0.4, 0.5) is 4.39 Å². The molecule has 2 nitrogen and oxygen atoms in total. The normalized spacial score (nSPS) is 12.0. The average molecular weight is 350 g/mol. The van der Waals surface area contributed by atoms with Crippen LogP contribution < -0.4 is 5.32 Å². The van der Waals surface area contributed by atoms with Crippen molar-refractivity contribution in [1.82, 2.24) is 5.32 Å². The number of amides is 1. The van der Waals surface area contributed by atoms with Crippen molar-refractivity contribution in [3.8, 4) is 0 Å². The molecule has 1 N–H and O–H groups in total. The third-order valence-corrected chi connectivity index (χ3v) is 3.90. The fourth-order valence-electron chi connectivity index (χ4n) is 2.07. The smallest absolute Gasteiger partial charge is 0.254 e.